The average molecular weight is 558 g/mol. The van der Waals surface area contributed by atoms with Crippen molar-refractivity contribution in [2.24, 2.45) is 0 Å². The number of benzene rings is 1. The van der Waals surface area contributed by atoms with E-state index in [9.17, 15) is 23.2 Å². The number of halogens is 4. The fourth-order valence-electron chi connectivity index (χ4n) is 5.48. The van der Waals surface area contributed by atoms with E-state index in [-0.39, 0.29) is 42.7 Å². The van der Waals surface area contributed by atoms with E-state index >= 15 is 4.39 Å². The minimum absolute atomic E-state index is 0.137. The number of aryl methyl sites for hydroxylation is 1. The van der Waals surface area contributed by atoms with Crippen LogP contribution < -0.4 is 0 Å². The van der Waals surface area contributed by atoms with E-state index in [0.717, 1.165) is 40.6 Å². The van der Waals surface area contributed by atoms with Gasteiger partial charge >= 0.3 is 6.18 Å². The molecule has 0 unspecified atom stereocenters. The smallest absolute Gasteiger partial charge is 0.333 e. The van der Waals surface area contributed by atoms with Gasteiger partial charge in [-0.2, -0.15) is 23.5 Å². The van der Waals surface area contributed by atoms with E-state index in [0.29, 0.717) is 10.4 Å². The van der Waals surface area contributed by atoms with Crippen molar-refractivity contribution >= 4 is 17.2 Å². The highest BCUT2D eigenvalue weighted by molar-refractivity contribution is 7.12. The Morgan fingerprint density at radius 3 is 2.77 bits per heavy atom. The predicted molar refractivity (Wildman–Crippen MR) is 139 cm³/mol. The van der Waals surface area contributed by atoms with Gasteiger partial charge in [0.2, 0.25) is 5.91 Å². The first-order valence-corrected chi connectivity index (χ1v) is 13.6. The van der Waals surface area contributed by atoms with Crippen LogP contribution in [0, 0.1) is 17.1 Å². The second kappa shape index (κ2) is 10.6. The first-order valence-electron chi connectivity index (χ1n) is 12.7. The standard InChI is InChI=1S/C28H27F4N5OS/c1-3-37-15-22(27(34-37)28(30,31)32)26-19(7-4-8-23(26)29)21-14-36(16-24-20(21)12-18(13-33)39-24)25(38)10-9-17-6-5-11-35(17)2/h4,7-10,12,15,17,21H,3,5-6,11,14,16H2,1-2H3/b10-9+/t17-,21-/m0/s1. The summed E-state index contributed by atoms with van der Waals surface area (Å²) < 4.78 is 58.6. The summed E-state index contributed by atoms with van der Waals surface area (Å²) in [7, 11) is 2.01. The number of rotatable bonds is 5. The molecule has 1 amide bonds. The Morgan fingerprint density at radius 2 is 2.10 bits per heavy atom. The lowest BCUT2D eigenvalue weighted by molar-refractivity contribution is -0.141. The molecule has 0 N–H and O–H groups in total. The van der Waals surface area contributed by atoms with Gasteiger partial charge in [0, 0.05) is 53.3 Å². The summed E-state index contributed by atoms with van der Waals surface area (Å²) >= 11 is 1.24. The van der Waals surface area contributed by atoms with Crippen LogP contribution in [0.25, 0.3) is 11.1 Å². The minimum Gasteiger partial charge on any atom is -0.333 e. The number of fused-ring (bicyclic) bond motifs is 1. The summed E-state index contributed by atoms with van der Waals surface area (Å²) in [5.41, 5.74) is -0.656. The lowest BCUT2D eigenvalue weighted by Gasteiger charge is -2.33. The van der Waals surface area contributed by atoms with Crippen molar-refractivity contribution in [3.8, 4) is 17.2 Å². The van der Waals surface area contributed by atoms with Crippen LogP contribution in [0.1, 0.15) is 52.3 Å². The lowest BCUT2D eigenvalue weighted by Crippen LogP contribution is -2.37. The normalized spacial score (nSPS) is 20.0. The van der Waals surface area contributed by atoms with Gasteiger partial charge in [-0.05, 0) is 56.6 Å². The number of likely N-dealkylation sites (tertiary alicyclic amines) is 1. The number of amides is 1. The molecule has 4 heterocycles. The maximum atomic E-state index is 15.5. The zero-order valence-corrected chi connectivity index (χ0v) is 22.3. The van der Waals surface area contributed by atoms with Crippen molar-refractivity contribution in [1.82, 2.24) is 19.6 Å². The number of nitrogens with zero attached hydrogens (tertiary/aromatic N) is 5. The zero-order chi connectivity index (χ0) is 27.9. The van der Waals surface area contributed by atoms with Gasteiger partial charge in [0.05, 0.1) is 6.54 Å². The van der Waals surface area contributed by atoms with Gasteiger partial charge < -0.3 is 4.90 Å². The second-order valence-electron chi connectivity index (χ2n) is 9.87. The summed E-state index contributed by atoms with van der Waals surface area (Å²) in [4.78, 5) is 18.3. The number of carbonyl (C=O) groups excluding carboxylic acids is 1. The van der Waals surface area contributed by atoms with Gasteiger partial charge in [-0.25, -0.2) is 4.39 Å². The van der Waals surface area contributed by atoms with Crippen molar-refractivity contribution in [1.29, 1.82) is 5.26 Å². The van der Waals surface area contributed by atoms with E-state index in [1.165, 1.54) is 23.6 Å². The summed E-state index contributed by atoms with van der Waals surface area (Å²) in [6.45, 7) is 3.20. The highest BCUT2D eigenvalue weighted by atomic mass is 32.1. The highest BCUT2D eigenvalue weighted by Crippen LogP contribution is 2.45. The molecule has 5 rings (SSSR count). The molecule has 0 spiro atoms. The quantitative estimate of drug-likeness (QED) is 0.295. The SMILES string of the molecule is CCn1cc(-c2c(F)cccc2[C@@H]2CN(C(=O)/C=C/[C@@H]3CCCN3C)Cc3sc(C#N)cc32)c(C(F)(F)F)n1. The molecule has 11 heteroatoms. The van der Waals surface area contributed by atoms with Crippen LogP contribution in [0.3, 0.4) is 0 Å². The Hall–Kier alpha value is -3.49. The maximum Gasteiger partial charge on any atom is 0.435 e. The Labute approximate surface area is 227 Å². The molecule has 2 aliphatic rings. The van der Waals surface area contributed by atoms with Crippen LogP contribution in [-0.4, -0.2) is 51.7 Å². The third-order valence-electron chi connectivity index (χ3n) is 7.46. The Morgan fingerprint density at radius 1 is 1.31 bits per heavy atom. The fraction of sp³-hybridized carbons (Fsp3) is 0.393. The molecule has 0 bridgehead atoms. The Balaban J connectivity index is 1.59. The van der Waals surface area contributed by atoms with E-state index in [4.69, 9.17) is 0 Å². The summed E-state index contributed by atoms with van der Waals surface area (Å²) in [5, 5.41) is 13.2. The number of hydrogen-bond acceptors (Lipinski definition) is 5. The van der Waals surface area contributed by atoms with Gasteiger partial charge in [-0.3, -0.25) is 14.4 Å². The largest absolute Gasteiger partial charge is 0.435 e. The van der Waals surface area contributed by atoms with E-state index in [1.807, 2.05) is 13.1 Å². The number of thiophene rings is 1. The van der Waals surface area contributed by atoms with Crippen LogP contribution >= 0.6 is 11.3 Å². The topological polar surface area (TPSA) is 65.2 Å². The summed E-state index contributed by atoms with van der Waals surface area (Å²) in [6, 6.07) is 8.17. The van der Waals surface area contributed by atoms with Gasteiger partial charge in [0.1, 0.15) is 16.8 Å². The molecule has 2 atom stereocenters. The van der Waals surface area contributed by atoms with Gasteiger partial charge in [-0.1, -0.05) is 18.2 Å². The molecule has 2 aromatic heterocycles. The number of alkyl halides is 3. The van der Waals surface area contributed by atoms with E-state index in [2.05, 4.69) is 16.1 Å². The predicted octanol–water partition coefficient (Wildman–Crippen LogP) is 5.79. The number of likely N-dealkylation sites (N-methyl/N-ethyl adjacent to an activating group) is 1. The van der Waals surface area contributed by atoms with Crippen LogP contribution in [0.4, 0.5) is 17.6 Å². The molecule has 0 aliphatic carbocycles. The molecule has 2 aliphatic heterocycles. The number of hydrogen-bond donors (Lipinski definition) is 0. The Kier molecular flexibility index (Phi) is 7.35. The first kappa shape index (κ1) is 27.1. The average Bonchev–Trinajstić information content (AvgIpc) is 3.63. The summed E-state index contributed by atoms with van der Waals surface area (Å²) in [6.07, 6.45) is 1.88. The molecule has 6 nitrogen and oxygen atoms in total. The highest BCUT2D eigenvalue weighted by Gasteiger charge is 2.40. The molecular weight excluding hydrogens is 530 g/mol. The second-order valence-corrected chi connectivity index (χ2v) is 11.0. The Bertz CT molecular complexity index is 1470. The third kappa shape index (κ3) is 5.23. The van der Waals surface area contributed by atoms with Crippen LogP contribution in [0.2, 0.25) is 0 Å². The fourth-order valence-corrected chi connectivity index (χ4v) is 6.51. The first-order chi connectivity index (χ1) is 18.6. The molecule has 204 valence electrons. The number of nitriles is 1. The van der Waals surface area contributed by atoms with Crippen LogP contribution in [0.5, 0.6) is 0 Å². The lowest BCUT2D eigenvalue weighted by atomic mass is 9.83. The van der Waals surface area contributed by atoms with Crippen molar-refractivity contribution in [2.45, 2.75) is 51.0 Å². The summed E-state index contributed by atoms with van der Waals surface area (Å²) in [5.74, 6) is -1.67. The molecule has 39 heavy (non-hydrogen) atoms. The van der Waals surface area contributed by atoms with Crippen molar-refractivity contribution in [3.63, 3.8) is 0 Å². The van der Waals surface area contributed by atoms with Crippen LogP contribution in [0.15, 0.2) is 42.6 Å². The molecule has 0 saturated carbocycles. The molecule has 1 fully saturated rings. The van der Waals surface area contributed by atoms with Crippen molar-refractivity contribution in [3.05, 3.63) is 75.0 Å². The number of aromatic nitrogens is 2. The van der Waals surface area contributed by atoms with E-state index < -0.39 is 23.6 Å². The van der Waals surface area contributed by atoms with Crippen molar-refractivity contribution in [2.75, 3.05) is 20.1 Å². The van der Waals surface area contributed by atoms with Crippen LogP contribution in [-0.2, 0) is 24.1 Å². The minimum atomic E-state index is -4.79. The number of carbonyl (C=O) groups is 1. The van der Waals surface area contributed by atoms with E-state index in [1.54, 1.807) is 30.0 Å². The molecule has 1 saturated heterocycles. The molecule has 0 radical (unpaired) electrons. The molecular formula is C28H27F4N5OS. The zero-order valence-electron chi connectivity index (χ0n) is 21.5. The van der Waals surface area contributed by atoms with Gasteiger partial charge in [-0.15, -0.1) is 11.3 Å². The third-order valence-corrected chi connectivity index (χ3v) is 8.50. The maximum absolute atomic E-state index is 15.5. The van der Waals surface area contributed by atoms with Crippen molar-refractivity contribution < 1.29 is 22.4 Å². The molecule has 3 aromatic rings. The van der Waals surface area contributed by atoms with Gasteiger partial charge in [0.25, 0.3) is 0 Å². The monoisotopic (exact) mass is 557 g/mol. The van der Waals surface area contributed by atoms with Gasteiger partial charge in [0.15, 0.2) is 5.69 Å². The molecule has 1 aromatic carbocycles.